The molecule has 1 aliphatic carbocycles. The Bertz CT molecular complexity index is 368. The highest BCUT2D eigenvalue weighted by molar-refractivity contribution is 9.10. The molecule has 0 aliphatic heterocycles. The first-order valence-electron chi connectivity index (χ1n) is 4.37. The molecule has 0 radical (unpaired) electrons. The predicted octanol–water partition coefficient (Wildman–Crippen LogP) is 2.83. The summed E-state index contributed by atoms with van der Waals surface area (Å²) in [6.45, 7) is 2.06. The van der Waals surface area contributed by atoms with Gasteiger partial charge in [0.25, 0.3) is 0 Å². The van der Waals surface area contributed by atoms with Gasteiger partial charge in [0.15, 0.2) is 0 Å². The lowest BCUT2D eigenvalue weighted by atomic mass is 10.0. The second-order valence-corrected chi connectivity index (χ2v) is 4.42. The van der Waals surface area contributed by atoms with Gasteiger partial charge in [-0.15, -0.1) is 12.4 Å². The highest BCUT2D eigenvalue weighted by Crippen LogP contribution is 2.41. The van der Waals surface area contributed by atoms with Gasteiger partial charge in [-0.25, -0.2) is 0 Å². The Morgan fingerprint density at radius 1 is 1.57 bits per heavy atom. The fourth-order valence-corrected chi connectivity index (χ4v) is 2.56. The van der Waals surface area contributed by atoms with Crippen LogP contribution in [-0.4, -0.2) is 5.11 Å². The monoisotopic (exact) mass is 277 g/mol. The number of hydrogen-bond acceptors (Lipinski definition) is 2. The van der Waals surface area contributed by atoms with Crippen molar-refractivity contribution in [2.45, 2.75) is 25.8 Å². The van der Waals surface area contributed by atoms with Crippen LogP contribution in [0.5, 0.6) is 5.75 Å². The highest BCUT2D eigenvalue weighted by atomic mass is 79.9. The van der Waals surface area contributed by atoms with Crippen molar-refractivity contribution in [3.8, 4) is 5.75 Å². The van der Waals surface area contributed by atoms with Gasteiger partial charge in [0, 0.05) is 11.6 Å². The van der Waals surface area contributed by atoms with Crippen LogP contribution in [0.4, 0.5) is 0 Å². The molecular formula is C10H13BrClNO. The minimum absolute atomic E-state index is 0. The van der Waals surface area contributed by atoms with Crippen LogP contribution in [0.3, 0.4) is 0 Å². The molecule has 0 saturated heterocycles. The van der Waals surface area contributed by atoms with Gasteiger partial charge in [-0.2, -0.15) is 0 Å². The topological polar surface area (TPSA) is 46.2 Å². The first kappa shape index (κ1) is 11.8. The smallest absolute Gasteiger partial charge is 0.134 e. The minimum atomic E-state index is 0. The Hall–Kier alpha value is -0.250. The van der Waals surface area contributed by atoms with Gasteiger partial charge in [-0.3, -0.25) is 0 Å². The van der Waals surface area contributed by atoms with E-state index in [-0.39, 0.29) is 18.4 Å². The Balaban J connectivity index is 0.000000980. The fourth-order valence-electron chi connectivity index (χ4n) is 2.00. The zero-order chi connectivity index (χ0) is 9.59. The Kier molecular flexibility index (Phi) is 3.45. The van der Waals surface area contributed by atoms with E-state index in [2.05, 4.69) is 22.9 Å². The second kappa shape index (κ2) is 4.09. The number of halogens is 2. The van der Waals surface area contributed by atoms with Crippen LogP contribution in [0.25, 0.3) is 0 Å². The van der Waals surface area contributed by atoms with Crippen LogP contribution < -0.4 is 5.73 Å². The SMILES string of the molecule is Cc1cc(Br)c(O)c2c1CCC2N.Cl. The lowest BCUT2D eigenvalue weighted by Crippen LogP contribution is -2.05. The molecular weight excluding hydrogens is 265 g/mol. The maximum atomic E-state index is 9.79. The number of benzene rings is 1. The summed E-state index contributed by atoms with van der Waals surface area (Å²) < 4.78 is 0.751. The molecule has 3 N–H and O–H groups in total. The molecule has 0 bridgehead atoms. The molecule has 2 nitrogen and oxygen atoms in total. The van der Waals surface area contributed by atoms with Gasteiger partial charge >= 0.3 is 0 Å². The van der Waals surface area contributed by atoms with Crippen molar-refractivity contribution in [2.24, 2.45) is 5.73 Å². The summed E-state index contributed by atoms with van der Waals surface area (Å²) in [6, 6.07) is 1.96. The van der Waals surface area contributed by atoms with Crippen molar-refractivity contribution in [1.29, 1.82) is 0 Å². The third-order valence-electron chi connectivity index (χ3n) is 2.70. The van der Waals surface area contributed by atoms with Crippen LogP contribution in [0, 0.1) is 6.92 Å². The van der Waals surface area contributed by atoms with Gasteiger partial charge < -0.3 is 10.8 Å². The number of hydrogen-bond donors (Lipinski definition) is 2. The number of aromatic hydroxyl groups is 1. The van der Waals surface area contributed by atoms with E-state index in [9.17, 15) is 5.11 Å². The molecule has 0 aromatic heterocycles. The number of nitrogens with two attached hydrogens (primary N) is 1. The number of phenolic OH excluding ortho intramolecular Hbond substituents is 1. The van der Waals surface area contributed by atoms with Crippen molar-refractivity contribution >= 4 is 28.3 Å². The van der Waals surface area contributed by atoms with Crippen molar-refractivity contribution in [3.63, 3.8) is 0 Å². The summed E-state index contributed by atoms with van der Waals surface area (Å²) in [4.78, 5) is 0. The van der Waals surface area contributed by atoms with Gasteiger partial charge in [-0.05, 0) is 52.9 Å². The van der Waals surface area contributed by atoms with Crippen molar-refractivity contribution in [2.75, 3.05) is 0 Å². The molecule has 1 atom stereocenters. The Morgan fingerprint density at radius 3 is 2.86 bits per heavy atom. The van der Waals surface area contributed by atoms with Gasteiger partial charge in [0.1, 0.15) is 5.75 Å². The minimum Gasteiger partial charge on any atom is -0.506 e. The maximum absolute atomic E-state index is 9.79. The summed E-state index contributed by atoms with van der Waals surface area (Å²) in [7, 11) is 0. The van der Waals surface area contributed by atoms with Gasteiger partial charge in [0.2, 0.25) is 0 Å². The molecule has 1 aliphatic rings. The van der Waals surface area contributed by atoms with E-state index >= 15 is 0 Å². The first-order valence-corrected chi connectivity index (χ1v) is 5.17. The number of rotatable bonds is 0. The van der Waals surface area contributed by atoms with E-state index in [0.717, 1.165) is 22.9 Å². The summed E-state index contributed by atoms with van der Waals surface area (Å²) in [5.74, 6) is 0.325. The predicted molar refractivity (Wildman–Crippen MR) is 63.0 cm³/mol. The lowest BCUT2D eigenvalue weighted by Gasteiger charge is -2.11. The molecule has 0 saturated carbocycles. The zero-order valence-electron chi connectivity index (χ0n) is 7.88. The summed E-state index contributed by atoms with van der Waals surface area (Å²) in [5.41, 5.74) is 9.29. The maximum Gasteiger partial charge on any atom is 0.134 e. The molecule has 4 heteroatoms. The molecule has 78 valence electrons. The van der Waals surface area contributed by atoms with Crippen molar-refractivity contribution in [3.05, 3.63) is 27.2 Å². The average Bonchev–Trinajstić information content (AvgIpc) is 2.44. The second-order valence-electron chi connectivity index (χ2n) is 3.56. The Morgan fingerprint density at radius 2 is 2.21 bits per heavy atom. The van der Waals surface area contributed by atoms with E-state index in [0.29, 0.717) is 5.75 Å². The quantitative estimate of drug-likeness (QED) is 0.766. The average molecular weight is 279 g/mol. The normalized spacial score (nSPS) is 18.9. The molecule has 1 aromatic carbocycles. The molecule has 14 heavy (non-hydrogen) atoms. The van der Waals surface area contributed by atoms with Crippen LogP contribution in [0.2, 0.25) is 0 Å². The van der Waals surface area contributed by atoms with Crippen molar-refractivity contribution < 1.29 is 5.11 Å². The molecule has 0 heterocycles. The van der Waals surface area contributed by atoms with E-state index < -0.39 is 0 Å². The third-order valence-corrected chi connectivity index (χ3v) is 3.31. The van der Waals surface area contributed by atoms with Gasteiger partial charge in [-0.1, -0.05) is 0 Å². The van der Waals surface area contributed by atoms with Crippen LogP contribution in [-0.2, 0) is 6.42 Å². The van der Waals surface area contributed by atoms with E-state index in [1.807, 2.05) is 6.07 Å². The molecule has 0 spiro atoms. The van der Waals surface area contributed by atoms with E-state index in [1.54, 1.807) is 0 Å². The number of phenols is 1. The summed E-state index contributed by atoms with van der Waals surface area (Å²) in [5, 5.41) is 9.79. The first-order chi connectivity index (χ1) is 6.11. The Labute approximate surface area is 98.0 Å². The number of aryl methyl sites for hydroxylation is 1. The number of fused-ring (bicyclic) bond motifs is 1. The molecule has 1 aromatic rings. The molecule has 1 unspecified atom stereocenters. The molecule has 2 rings (SSSR count). The van der Waals surface area contributed by atoms with Crippen LogP contribution in [0.1, 0.15) is 29.2 Å². The highest BCUT2D eigenvalue weighted by Gasteiger charge is 2.25. The summed E-state index contributed by atoms with van der Waals surface area (Å²) in [6.07, 6.45) is 1.93. The molecule has 0 amide bonds. The van der Waals surface area contributed by atoms with Crippen LogP contribution in [0.15, 0.2) is 10.5 Å². The van der Waals surface area contributed by atoms with E-state index in [4.69, 9.17) is 5.73 Å². The van der Waals surface area contributed by atoms with Gasteiger partial charge in [0.05, 0.1) is 4.47 Å². The summed E-state index contributed by atoms with van der Waals surface area (Å²) >= 11 is 3.32. The third kappa shape index (κ3) is 1.64. The standard InChI is InChI=1S/C10H12BrNO.ClH/c1-5-4-7(11)10(13)9-6(5)2-3-8(9)12;/h4,8,13H,2-3,12H2,1H3;1H. The zero-order valence-corrected chi connectivity index (χ0v) is 10.3. The van der Waals surface area contributed by atoms with Crippen molar-refractivity contribution in [1.82, 2.24) is 0 Å². The largest absolute Gasteiger partial charge is 0.506 e. The van der Waals surface area contributed by atoms with E-state index in [1.165, 1.54) is 11.1 Å². The fraction of sp³-hybridized carbons (Fsp3) is 0.400. The van der Waals surface area contributed by atoms with Crippen LogP contribution >= 0.6 is 28.3 Å². The molecule has 0 fully saturated rings. The lowest BCUT2D eigenvalue weighted by molar-refractivity contribution is 0.460.